The normalized spacial score (nSPS) is 18.3. The predicted octanol–water partition coefficient (Wildman–Crippen LogP) is 4.19. The molecule has 6 heteroatoms. The summed E-state index contributed by atoms with van der Waals surface area (Å²) < 4.78 is 5.47. The summed E-state index contributed by atoms with van der Waals surface area (Å²) in [5.41, 5.74) is 3.56. The Morgan fingerprint density at radius 1 is 1.03 bits per heavy atom. The van der Waals surface area contributed by atoms with Crippen molar-refractivity contribution in [2.24, 2.45) is 4.99 Å². The number of carbonyl (C=O) groups is 1. The molecule has 1 amide bonds. The topological polar surface area (TPSA) is 45.1 Å². The van der Waals surface area contributed by atoms with Crippen LogP contribution in [0.4, 0.5) is 5.69 Å². The van der Waals surface area contributed by atoms with Crippen LogP contribution in [0.25, 0.3) is 6.08 Å². The van der Waals surface area contributed by atoms with Crippen LogP contribution in [0, 0.1) is 6.92 Å². The molecule has 2 heterocycles. The number of anilines is 1. The summed E-state index contributed by atoms with van der Waals surface area (Å²) in [4.78, 5) is 22.0. The first kappa shape index (κ1) is 19.6. The quantitative estimate of drug-likeness (QED) is 0.712. The number of carbonyl (C=O) groups excluding carboxylic acids is 1. The van der Waals surface area contributed by atoms with E-state index >= 15 is 0 Å². The van der Waals surface area contributed by atoms with Crippen molar-refractivity contribution in [3.63, 3.8) is 0 Å². The molecule has 0 spiro atoms. The molecule has 0 saturated carbocycles. The number of para-hydroxylation sites is 1. The van der Waals surface area contributed by atoms with Gasteiger partial charge in [-0.05, 0) is 61.0 Å². The zero-order valence-electron chi connectivity index (χ0n) is 16.8. The molecule has 0 N–H and O–H groups in total. The monoisotopic (exact) mass is 407 g/mol. The standard InChI is InChI=1S/C23H25N3O2S/c1-3-28-19-10-8-18(9-11-19)16-21-22(27)24-23(29-21)26-14-12-25(13-15-26)20-7-5-4-6-17(20)2/h4-11,16H,3,12-15H2,1-2H3/b21-16+. The molecule has 0 bridgehead atoms. The lowest BCUT2D eigenvalue weighted by Gasteiger charge is -2.37. The first-order valence-corrected chi connectivity index (χ1v) is 10.8. The number of amidine groups is 1. The van der Waals surface area contributed by atoms with Crippen LogP contribution in [-0.4, -0.2) is 48.8 Å². The van der Waals surface area contributed by atoms with Gasteiger partial charge in [-0.3, -0.25) is 4.79 Å². The first-order chi connectivity index (χ1) is 14.1. The number of hydrogen-bond donors (Lipinski definition) is 0. The van der Waals surface area contributed by atoms with Crippen LogP contribution in [0.5, 0.6) is 5.75 Å². The molecule has 150 valence electrons. The Hall–Kier alpha value is -2.73. The van der Waals surface area contributed by atoms with E-state index in [1.54, 1.807) is 0 Å². The summed E-state index contributed by atoms with van der Waals surface area (Å²) in [7, 11) is 0. The van der Waals surface area contributed by atoms with Gasteiger partial charge in [-0.15, -0.1) is 0 Å². The Bertz CT molecular complexity index is 945. The minimum atomic E-state index is -0.153. The first-order valence-electron chi connectivity index (χ1n) is 9.95. The Morgan fingerprint density at radius 3 is 2.41 bits per heavy atom. The third-order valence-electron chi connectivity index (χ3n) is 5.10. The number of rotatable bonds is 4. The molecular formula is C23H25N3O2S. The SMILES string of the molecule is CCOc1ccc(/C=C2/SC(N3CCN(c4ccccc4C)CC3)=NC2=O)cc1. The van der Waals surface area contributed by atoms with Gasteiger partial charge in [-0.2, -0.15) is 4.99 Å². The molecule has 2 aliphatic heterocycles. The molecule has 2 aliphatic rings. The van der Waals surface area contributed by atoms with Crippen LogP contribution in [0.1, 0.15) is 18.1 Å². The summed E-state index contributed by atoms with van der Waals surface area (Å²) in [5, 5.41) is 0.816. The number of hydrogen-bond acceptors (Lipinski definition) is 5. The maximum Gasteiger partial charge on any atom is 0.286 e. The molecule has 0 aromatic heterocycles. The highest BCUT2D eigenvalue weighted by molar-refractivity contribution is 8.18. The highest BCUT2D eigenvalue weighted by Gasteiger charge is 2.28. The summed E-state index contributed by atoms with van der Waals surface area (Å²) in [6, 6.07) is 16.3. The lowest BCUT2D eigenvalue weighted by atomic mass is 10.1. The van der Waals surface area contributed by atoms with Crippen molar-refractivity contribution < 1.29 is 9.53 Å². The largest absolute Gasteiger partial charge is 0.494 e. The van der Waals surface area contributed by atoms with E-state index in [2.05, 4.69) is 46.0 Å². The van der Waals surface area contributed by atoms with Gasteiger partial charge < -0.3 is 14.5 Å². The summed E-state index contributed by atoms with van der Waals surface area (Å²) in [5.74, 6) is 0.684. The van der Waals surface area contributed by atoms with Crippen molar-refractivity contribution in [2.45, 2.75) is 13.8 Å². The fraction of sp³-hybridized carbons (Fsp3) is 0.304. The van der Waals surface area contributed by atoms with E-state index in [1.165, 1.54) is 23.0 Å². The number of thioether (sulfide) groups is 1. The zero-order chi connectivity index (χ0) is 20.2. The summed E-state index contributed by atoms with van der Waals surface area (Å²) in [6.07, 6.45) is 1.91. The van der Waals surface area contributed by atoms with Crippen LogP contribution in [0.15, 0.2) is 58.4 Å². The molecule has 29 heavy (non-hydrogen) atoms. The highest BCUT2D eigenvalue weighted by Crippen LogP contribution is 2.31. The Balaban J connectivity index is 1.38. The van der Waals surface area contributed by atoms with Crippen LogP contribution in [0.2, 0.25) is 0 Å². The lowest BCUT2D eigenvalue weighted by Crippen LogP contribution is -2.48. The average molecular weight is 408 g/mol. The predicted molar refractivity (Wildman–Crippen MR) is 121 cm³/mol. The van der Waals surface area contributed by atoms with Gasteiger partial charge in [-0.25, -0.2) is 0 Å². The van der Waals surface area contributed by atoms with E-state index in [1.807, 2.05) is 37.3 Å². The maximum absolute atomic E-state index is 12.4. The Kier molecular flexibility index (Phi) is 5.90. The van der Waals surface area contributed by atoms with Gasteiger partial charge in [0.25, 0.3) is 5.91 Å². The van der Waals surface area contributed by atoms with E-state index in [-0.39, 0.29) is 5.91 Å². The third kappa shape index (κ3) is 4.48. The van der Waals surface area contributed by atoms with E-state index in [4.69, 9.17) is 4.74 Å². The number of aryl methyl sites for hydroxylation is 1. The summed E-state index contributed by atoms with van der Waals surface area (Å²) in [6.45, 7) is 8.34. The van der Waals surface area contributed by atoms with Crippen molar-refractivity contribution in [1.29, 1.82) is 0 Å². The van der Waals surface area contributed by atoms with Crippen molar-refractivity contribution in [1.82, 2.24) is 4.90 Å². The second-order valence-electron chi connectivity index (χ2n) is 7.07. The van der Waals surface area contributed by atoms with Gasteiger partial charge in [0.05, 0.1) is 11.5 Å². The molecule has 5 nitrogen and oxygen atoms in total. The molecular weight excluding hydrogens is 382 g/mol. The van der Waals surface area contributed by atoms with Gasteiger partial charge in [0.1, 0.15) is 5.75 Å². The van der Waals surface area contributed by atoms with Gasteiger partial charge >= 0.3 is 0 Å². The molecule has 0 aliphatic carbocycles. The van der Waals surface area contributed by atoms with Crippen molar-refractivity contribution in [2.75, 3.05) is 37.7 Å². The van der Waals surface area contributed by atoms with Crippen molar-refractivity contribution >= 4 is 34.6 Å². The highest BCUT2D eigenvalue weighted by atomic mass is 32.2. The van der Waals surface area contributed by atoms with Crippen LogP contribution < -0.4 is 9.64 Å². The number of aliphatic imine (C=N–C) groups is 1. The van der Waals surface area contributed by atoms with Gasteiger partial charge in [0.15, 0.2) is 5.17 Å². The molecule has 2 aromatic carbocycles. The van der Waals surface area contributed by atoms with Gasteiger partial charge in [-0.1, -0.05) is 30.3 Å². The lowest BCUT2D eigenvalue weighted by molar-refractivity contribution is -0.113. The Labute approximate surface area is 176 Å². The van der Waals surface area contributed by atoms with Crippen LogP contribution in [-0.2, 0) is 4.79 Å². The van der Waals surface area contributed by atoms with E-state index in [0.29, 0.717) is 11.5 Å². The van der Waals surface area contributed by atoms with Crippen LogP contribution in [0.3, 0.4) is 0 Å². The number of piperazine rings is 1. The number of ether oxygens (including phenoxy) is 1. The molecule has 0 atom stereocenters. The molecule has 1 saturated heterocycles. The second kappa shape index (κ2) is 8.74. The molecule has 0 unspecified atom stereocenters. The fourth-order valence-corrected chi connectivity index (χ4v) is 4.53. The molecule has 4 rings (SSSR count). The van der Waals surface area contributed by atoms with Gasteiger partial charge in [0.2, 0.25) is 0 Å². The molecule has 2 aromatic rings. The summed E-state index contributed by atoms with van der Waals surface area (Å²) >= 11 is 1.47. The maximum atomic E-state index is 12.4. The van der Waals surface area contributed by atoms with Gasteiger partial charge in [0, 0.05) is 31.9 Å². The van der Waals surface area contributed by atoms with Crippen molar-refractivity contribution in [3.05, 3.63) is 64.6 Å². The molecule has 1 fully saturated rings. The van der Waals surface area contributed by atoms with Crippen LogP contribution >= 0.6 is 11.8 Å². The van der Waals surface area contributed by atoms with E-state index < -0.39 is 0 Å². The fourth-order valence-electron chi connectivity index (χ4n) is 3.57. The molecule has 0 radical (unpaired) electrons. The zero-order valence-corrected chi connectivity index (χ0v) is 17.6. The Morgan fingerprint density at radius 2 is 1.72 bits per heavy atom. The number of benzene rings is 2. The van der Waals surface area contributed by atoms with E-state index in [0.717, 1.165) is 42.7 Å². The smallest absolute Gasteiger partial charge is 0.286 e. The van der Waals surface area contributed by atoms with Crippen molar-refractivity contribution in [3.8, 4) is 5.75 Å². The number of amides is 1. The minimum absolute atomic E-state index is 0.153. The second-order valence-corrected chi connectivity index (χ2v) is 8.08. The number of nitrogens with zero attached hydrogens (tertiary/aromatic N) is 3. The third-order valence-corrected chi connectivity index (χ3v) is 6.15. The minimum Gasteiger partial charge on any atom is -0.494 e. The van der Waals surface area contributed by atoms with E-state index in [9.17, 15) is 4.79 Å². The average Bonchev–Trinajstić information content (AvgIpc) is 3.10.